The number of carbonyl (C=O) groups excluding carboxylic acids is 1. The summed E-state index contributed by atoms with van der Waals surface area (Å²) < 4.78 is 43.2. The maximum Gasteiger partial charge on any atom is 0.490 e. The van der Waals surface area contributed by atoms with Crippen LogP contribution in [0.4, 0.5) is 13.2 Å². The van der Waals surface area contributed by atoms with Gasteiger partial charge in [-0.15, -0.1) is 0 Å². The van der Waals surface area contributed by atoms with Gasteiger partial charge in [-0.1, -0.05) is 12.5 Å². The number of hydrogen-bond acceptors (Lipinski definition) is 5. The van der Waals surface area contributed by atoms with E-state index < -0.39 is 12.1 Å². The van der Waals surface area contributed by atoms with E-state index in [9.17, 15) is 18.0 Å². The van der Waals surface area contributed by atoms with Crippen molar-refractivity contribution in [3.8, 4) is 0 Å². The van der Waals surface area contributed by atoms with Gasteiger partial charge in [-0.3, -0.25) is 9.78 Å². The summed E-state index contributed by atoms with van der Waals surface area (Å²) >= 11 is 0. The van der Waals surface area contributed by atoms with Crippen LogP contribution in [-0.4, -0.2) is 52.7 Å². The Kier molecular flexibility index (Phi) is 7.78. The number of carboxylic acid groups (broad SMARTS) is 1. The number of ether oxygens (including phenoxy) is 1. The number of likely N-dealkylation sites (tertiary alicyclic amines) is 1. The van der Waals surface area contributed by atoms with Crippen molar-refractivity contribution in [2.45, 2.75) is 45.4 Å². The number of carboxylic acids is 1. The third-order valence-corrected chi connectivity index (χ3v) is 6.13. The Morgan fingerprint density at radius 2 is 2.12 bits per heavy atom. The third-order valence-electron chi connectivity index (χ3n) is 6.13. The lowest BCUT2D eigenvalue weighted by Gasteiger charge is -2.28. The fourth-order valence-corrected chi connectivity index (χ4v) is 4.58. The molecule has 1 saturated heterocycles. The average Bonchev–Trinajstić information content (AvgIpc) is 3.44. The lowest BCUT2D eigenvalue weighted by molar-refractivity contribution is -0.192. The van der Waals surface area contributed by atoms with Crippen molar-refractivity contribution >= 4 is 11.9 Å². The number of furan rings is 1. The molecule has 2 aliphatic rings. The number of pyridine rings is 1. The van der Waals surface area contributed by atoms with Gasteiger partial charge in [0.1, 0.15) is 5.76 Å². The zero-order valence-electron chi connectivity index (χ0n) is 18.3. The van der Waals surface area contributed by atoms with Crippen molar-refractivity contribution in [3.63, 3.8) is 0 Å². The average molecular weight is 468 g/mol. The third kappa shape index (κ3) is 6.56. The molecule has 7 nitrogen and oxygen atoms in total. The molecule has 4 rings (SSSR count). The summed E-state index contributed by atoms with van der Waals surface area (Å²) in [6, 6.07) is 5.81. The molecule has 2 atom stereocenters. The maximum atomic E-state index is 12.6. The number of hydrogen-bond donors (Lipinski definition) is 1. The first-order valence-corrected chi connectivity index (χ1v) is 10.7. The molecule has 2 fully saturated rings. The standard InChI is InChI=1S/C21H26N2O3.C2HF3O2/c1-16-8-17(11-22-10-16)13-25-15-21-6-2-4-18(21)12-23(14-21)20(24)9-19-5-3-7-26-19;3-2(4,5)1(6)7/h3,5,7-8,10-11,18H,2,4,6,9,12-15H2,1H3;(H,6,7)/t18-,21+;/m1./s1. The van der Waals surface area contributed by atoms with E-state index in [1.54, 1.807) is 6.26 Å². The second-order valence-electron chi connectivity index (χ2n) is 8.65. The number of fused-ring (bicyclic) bond motifs is 1. The number of aliphatic carboxylic acids is 1. The normalized spacial score (nSPS) is 21.9. The van der Waals surface area contributed by atoms with Crippen molar-refractivity contribution in [3.05, 3.63) is 53.7 Å². The van der Waals surface area contributed by atoms with E-state index in [1.807, 2.05) is 36.4 Å². The molecule has 3 heterocycles. The van der Waals surface area contributed by atoms with E-state index in [1.165, 1.54) is 12.8 Å². The topological polar surface area (TPSA) is 92.9 Å². The molecule has 1 amide bonds. The molecule has 1 saturated carbocycles. The molecular formula is C23H27F3N2O5. The largest absolute Gasteiger partial charge is 0.490 e. The van der Waals surface area contributed by atoms with Crippen molar-refractivity contribution < 1.29 is 37.0 Å². The van der Waals surface area contributed by atoms with Crippen LogP contribution in [0, 0.1) is 18.3 Å². The van der Waals surface area contributed by atoms with Crippen LogP contribution in [0.25, 0.3) is 0 Å². The van der Waals surface area contributed by atoms with Crippen molar-refractivity contribution in [1.82, 2.24) is 9.88 Å². The molecule has 0 aromatic carbocycles. The van der Waals surface area contributed by atoms with Gasteiger partial charge in [0, 0.05) is 30.9 Å². The Labute approximate surface area is 189 Å². The monoisotopic (exact) mass is 468 g/mol. The number of rotatable bonds is 6. The minimum absolute atomic E-state index is 0.121. The zero-order chi connectivity index (χ0) is 24.1. The van der Waals surface area contributed by atoms with Gasteiger partial charge in [-0.2, -0.15) is 13.2 Å². The van der Waals surface area contributed by atoms with Crippen LogP contribution in [0.3, 0.4) is 0 Å². The Morgan fingerprint density at radius 1 is 1.36 bits per heavy atom. The number of aryl methyl sites for hydroxylation is 1. The summed E-state index contributed by atoms with van der Waals surface area (Å²) in [5.41, 5.74) is 2.38. The van der Waals surface area contributed by atoms with E-state index in [4.69, 9.17) is 19.1 Å². The quantitative estimate of drug-likeness (QED) is 0.689. The molecule has 10 heteroatoms. The van der Waals surface area contributed by atoms with Gasteiger partial charge in [0.2, 0.25) is 5.91 Å². The first kappa shape index (κ1) is 24.8. The van der Waals surface area contributed by atoms with Crippen molar-refractivity contribution in [2.24, 2.45) is 11.3 Å². The number of carbonyl (C=O) groups is 2. The van der Waals surface area contributed by atoms with Crippen LogP contribution in [0.1, 0.15) is 36.1 Å². The molecule has 0 unspecified atom stereocenters. The first-order valence-electron chi connectivity index (χ1n) is 10.7. The minimum Gasteiger partial charge on any atom is -0.475 e. The molecule has 2 aromatic rings. The number of halogens is 3. The Hall–Kier alpha value is -2.88. The van der Waals surface area contributed by atoms with Crippen LogP contribution in [0.5, 0.6) is 0 Å². The second kappa shape index (κ2) is 10.4. The number of amides is 1. The van der Waals surface area contributed by atoms with Gasteiger partial charge in [-0.25, -0.2) is 4.79 Å². The molecule has 1 N–H and O–H groups in total. The fraction of sp³-hybridized carbons (Fsp3) is 0.522. The molecule has 1 aliphatic heterocycles. The Morgan fingerprint density at radius 3 is 2.76 bits per heavy atom. The number of nitrogens with zero attached hydrogens (tertiary/aromatic N) is 2. The smallest absolute Gasteiger partial charge is 0.475 e. The van der Waals surface area contributed by atoms with Crippen molar-refractivity contribution in [1.29, 1.82) is 0 Å². The summed E-state index contributed by atoms with van der Waals surface area (Å²) in [4.78, 5) is 27.8. The summed E-state index contributed by atoms with van der Waals surface area (Å²) in [5, 5.41) is 7.12. The maximum absolute atomic E-state index is 12.6. The minimum atomic E-state index is -5.08. The molecule has 0 radical (unpaired) electrons. The highest BCUT2D eigenvalue weighted by atomic mass is 19.4. The Balaban J connectivity index is 0.000000383. The SMILES string of the molecule is Cc1cncc(COC[C@@]23CCC[C@@H]2CN(C(=O)Cc2ccco2)C3)c1.O=C(O)C(F)(F)F. The molecule has 1 aliphatic carbocycles. The lowest BCUT2D eigenvalue weighted by atomic mass is 9.81. The first-order chi connectivity index (χ1) is 15.6. The molecule has 180 valence electrons. The van der Waals surface area contributed by atoms with Crippen molar-refractivity contribution in [2.75, 3.05) is 19.7 Å². The van der Waals surface area contributed by atoms with E-state index in [0.717, 1.165) is 43.0 Å². The van der Waals surface area contributed by atoms with Gasteiger partial charge in [0.25, 0.3) is 0 Å². The zero-order valence-corrected chi connectivity index (χ0v) is 18.3. The molecular weight excluding hydrogens is 441 g/mol. The molecule has 0 bridgehead atoms. The summed E-state index contributed by atoms with van der Waals surface area (Å²) in [7, 11) is 0. The van der Waals surface area contributed by atoms with Gasteiger partial charge in [0.15, 0.2) is 0 Å². The van der Waals surface area contributed by atoms with Gasteiger partial charge in [0.05, 0.1) is 25.9 Å². The highest BCUT2D eigenvalue weighted by Crippen LogP contribution is 2.49. The van der Waals surface area contributed by atoms with Gasteiger partial charge in [-0.05, 0) is 48.9 Å². The predicted octanol–water partition coefficient (Wildman–Crippen LogP) is 4.00. The fourth-order valence-electron chi connectivity index (χ4n) is 4.58. The molecule has 0 spiro atoms. The van der Waals surface area contributed by atoms with Crippen LogP contribution in [0.2, 0.25) is 0 Å². The van der Waals surface area contributed by atoms with E-state index in [0.29, 0.717) is 18.9 Å². The van der Waals surface area contributed by atoms with Crippen LogP contribution >= 0.6 is 0 Å². The van der Waals surface area contributed by atoms with E-state index in [-0.39, 0.29) is 11.3 Å². The van der Waals surface area contributed by atoms with Crippen LogP contribution in [-0.2, 0) is 27.4 Å². The molecule has 33 heavy (non-hydrogen) atoms. The predicted molar refractivity (Wildman–Crippen MR) is 111 cm³/mol. The number of alkyl halides is 3. The van der Waals surface area contributed by atoms with Crippen LogP contribution in [0.15, 0.2) is 41.3 Å². The number of aromatic nitrogens is 1. The molecule has 2 aromatic heterocycles. The van der Waals surface area contributed by atoms with Gasteiger partial charge >= 0.3 is 12.1 Å². The van der Waals surface area contributed by atoms with Gasteiger partial charge < -0.3 is 19.2 Å². The summed E-state index contributed by atoms with van der Waals surface area (Å²) in [6.45, 7) is 5.01. The highest BCUT2D eigenvalue weighted by molar-refractivity contribution is 5.78. The summed E-state index contributed by atoms with van der Waals surface area (Å²) in [6.07, 6.45) is 4.19. The van der Waals surface area contributed by atoms with Crippen LogP contribution < -0.4 is 0 Å². The summed E-state index contributed by atoms with van der Waals surface area (Å²) in [5.74, 6) is -1.30. The lowest BCUT2D eigenvalue weighted by Crippen LogP contribution is -2.35. The highest BCUT2D eigenvalue weighted by Gasteiger charge is 2.50. The van der Waals surface area contributed by atoms with E-state index in [2.05, 4.69) is 11.1 Å². The Bertz CT molecular complexity index is 948. The second-order valence-corrected chi connectivity index (χ2v) is 8.65. The van der Waals surface area contributed by atoms with E-state index >= 15 is 0 Å².